The van der Waals surface area contributed by atoms with Crippen molar-refractivity contribution < 1.29 is 4.79 Å². The van der Waals surface area contributed by atoms with Crippen molar-refractivity contribution in [1.29, 1.82) is 0 Å². The van der Waals surface area contributed by atoms with Crippen LogP contribution in [0.3, 0.4) is 0 Å². The molecule has 2 N–H and O–H groups in total. The first-order valence-electron chi connectivity index (χ1n) is 8.37. The van der Waals surface area contributed by atoms with E-state index in [1.54, 1.807) is 6.07 Å². The smallest absolute Gasteiger partial charge is 0.220 e. The Morgan fingerprint density at radius 3 is 2.72 bits per heavy atom. The number of hydrogen-bond donors (Lipinski definition) is 2. The summed E-state index contributed by atoms with van der Waals surface area (Å²) in [5.74, 6) is -0.0639. The third-order valence-electron chi connectivity index (χ3n) is 4.30. The van der Waals surface area contributed by atoms with Gasteiger partial charge >= 0.3 is 0 Å². The topological polar surface area (TPSA) is 44.9 Å². The number of hydrogen-bond acceptors (Lipinski definition) is 1. The molecule has 2 aromatic carbocycles. The summed E-state index contributed by atoms with van der Waals surface area (Å²) in [7, 11) is 0. The first kappa shape index (κ1) is 17.8. The van der Waals surface area contributed by atoms with E-state index < -0.39 is 0 Å². The average molecular weight is 375 g/mol. The van der Waals surface area contributed by atoms with Gasteiger partial charge in [0.25, 0.3) is 0 Å². The van der Waals surface area contributed by atoms with Crippen LogP contribution < -0.4 is 5.32 Å². The molecule has 25 heavy (non-hydrogen) atoms. The maximum absolute atomic E-state index is 12.4. The van der Waals surface area contributed by atoms with Crippen LogP contribution in [0.1, 0.15) is 36.8 Å². The Balaban J connectivity index is 2.02. The highest BCUT2D eigenvalue weighted by Gasteiger charge is 2.22. The second-order valence-corrected chi connectivity index (χ2v) is 6.88. The molecule has 0 bridgehead atoms. The zero-order chi connectivity index (χ0) is 17.8. The molecule has 0 fully saturated rings. The molecule has 5 heteroatoms. The largest absolute Gasteiger partial charge is 0.361 e. The van der Waals surface area contributed by atoms with E-state index in [0.29, 0.717) is 23.0 Å². The van der Waals surface area contributed by atoms with Crippen molar-refractivity contribution in [2.24, 2.45) is 0 Å². The zero-order valence-corrected chi connectivity index (χ0v) is 15.5. The van der Waals surface area contributed by atoms with Crippen LogP contribution in [-0.2, 0) is 4.79 Å². The number of para-hydroxylation sites is 1. The molecule has 0 aliphatic heterocycles. The molecule has 0 unspecified atom stereocenters. The lowest BCUT2D eigenvalue weighted by Gasteiger charge is -2.18. The second-order valence-electron chi connectivity index (χ2n) is 6.07. The Morgan fingerprint density at radius 2 is 1.96 bits per heavy atom. The van der Waals surface area contributed by atoms with Crippen molar-refractivity contribution in [3.63, 3.8) is 0 Å². The maximum atomic E-state index is 12.4. The predicted molar refractivity (Wildman–Crippen MR) is 105 cm³/mol. The minimum Gasteiger partial charge on any atom is -0.361 e. The van der Waals surface area contributed by atoms with Crippen molar-refractivity contribution >= 4 is 40.0 Å². The molecule has 1 atom stereocenters. The number of carbonyl (C=O) groups excluding carboxylic acids is 1. The highest BCUT2D eigenvalue weighted by molar-refractivity contribution is 6.42. The lowest BCUT2D eigenvalue weighted by Crippen LogP contribution is -2.26. The fraction of sp³-hybridized carbons (Fsp3) is 0.250. The van der Waals surface area contributed by atoms with Crippen LogP contribution in [0.5, 0.6) is 0 Å². The molecule has 1 aromatic heterocycles. The third kappa shape index (κ3) is 4.00. The first-order chi connectivity index (χ1) is 12.1. The van der Waals surface area contributed by atoms with Crippen LogP contribution in [0.25, 0.3) is 10.9 Å². The number of aromatic amines is 1. The first-order valence-corrected chi connectivity index (χ1v) is 9.13. The van der Waals surface area contributed by atoms with Crippen molar-refractivity contribution in [3.8, 4) is 0 Å². The summed E-state index contributed by atoms with van der Waals surface area (Å²) < 4.78 is 0. The number of H-pyrrole nitrogens is 1. The molecule has 1 heterocycles. The molecule has 3 rings (SSSR count). The van der Waals surface area contributed by atoms with Gasteiger partial charge in [0.2, 0.25) is 5.91 Å². The van der Waals surface area contributed by atoms with Crippen LogP contribution in [0, 0.1) is 0 Å². The molecule has 0 saturated carbocycles. The maximum Gasteiger partial charge on any atom is 0.220 e. The Labute approximate surface area is 157 Å². The van der Waals surface area contributed by atoms with Crippen LogP contribution in [-0.4, -0.2) is 17.4 Å². The van der Waals surface area contributed by atoms with Gasteiger partial charge in [0.05, 0.1) is 10.0 Å². The fourth-order valence-corrected chi connectivity index (χ4v) is 3.35. The van der Waals surface area contributed by atoms with Gasteiger partial charge in [-0.05, 0) is 35.7 Å². The number of fused-ring (bicyclic) bond motifs is 1. The molecule has 0 radical (unpaired) electrons. The van der Waals surface area contributed by atoms with Gasteiger partial charge in [-0.15, -0.1) is 0 Å². The van der Waals surface area contributed by atoms with Gasteiger partial charge in [-0.2, -0.15) is 0 Å². The molecule has 0 spiro atoms. The number of halogens is 2. The Morgan fingerprint density at radius 1 is 1.16 bits per heavy atom. The molecule has 0 aliphatic rings. The van der Waals surface area contributed by atoms with E-state index in [4.69, 9.17) is 23.2 Å². The van der Waals surface area contributed by atoms with Gasteiger partial charge in [-0.3, -0.25) is 4.79 Å². The highest BCUT2D eigenvalue weighted by atomic mass is 35.5. The highest BCUT2D eigenvalue weighted by Crippen LogP contribution is 2.35. The molecule has 0 saturated heterocycles. The Hall–Kier alpha value is -1.97. The fourth-order valence-electron chi connectivity index (χ4n) is 3.04. The average Bonchev–Trinajstić information content (AvgIpc) is 3.04. The molecular weight excluding hydrogens is 355 g/mol. The summed E-state index contributed by atoms with van der Waals surface area (Å²) >= 11 is 12.3. The summed E-state index contributed by atoms with van der Waals surface area (Å²) in [6, 6.07) is 13.7. The van der Waals surface area contributed by atoms with Crippen LogP contribution in [0.4, 0.5) is 0 Å². The minimum atomic E-state index is -0.0947. The van der Waals surface area contributed by atoms with E-state index in [1.165, 1.54) is 0 Å². The molecule has 3 aromatic rings. The summed E-state index contributed by atoms with van der Waals surface area (Å²) in [5, 5.41) is 5.08. The standard InChI is InChI=1S/C20H20Cl2N2O/c1-2-9-23-20(25)11-15(13-7-8-17(21)18(22)10-13)16-12-24-19-6-4-3-5-14(16)19/h3-8,10,12,15,24H,2,9,11H2,1H3,(H,23,25)/t15-/m1/s1. The number of aromatic nitrogens is 1. The normalized spacial score (nSPS) is 12.3. The molecule has 130 valence electrons. The van der Waals surface area contributed by atoms with Gasteiger partial charge in [0, 0.05) is 36.0 Å². The lowest BCUT2D eigenvalue weighted by molar-refractivity contribution is -0.121. The summed E-state index contributed by atoms with van der Waals surface area (Å²) in [4.78, 5) is 15.7. The summed E-state index contributed by atoms with van der Waals surface area (Å²) in [6.45, 7) is 2.72. The molecular formula is C20H20Cl2N2O. The number of nitrogens with one attached hydrogen (secondary N) is 2. The van der Waals surface area contributed by atoms with E-state index in [9.17, 15) is 4.79 Å². The van der Waals surface area contributed by atoms with E-state index in [0.717, 1.165) is 28.5 Å². The number of benzene rings is 2. The Kier molecular flexibility index (Phi) is 5.67. The SMILES string of the molecule is CCCNC(=O)C[C@H](c1ccc(Cl)c(Cl)c1)c1c[nH]c2ccccc12. The van der Waals surface area contributed by atoms with E-state index in [2.05, 4.69) is 16.4 Å². The van der Waals surface area contributed by atoms with Crippen LogP contribution in [0.15, 0.2) is 48.7 Å². The van der Waals surface area contributed by atoms with Crippen molar-refractivity contribution in [2.75, 3.05) is 6.54 Å². The zero-order valence-electron chi connectivity index (χ0n) is 14.0. The number of rotatable bonds is 6. The van der Waals surface area contributed by atoms with Gasteiger partial charge in [0.15, 0.2) is 0 Å². The van der Waals surface area contributed by atoms with Gasteiger partial charge < -0.3 is 10.3 Å². The molecule has 0 aliphatic carbocycles. The molecule has 3 nitrogen and oxygen atoms in total. The monoisotopic (exact) mass is 374 g/mol. The number of carbonyl (C=O) groups is 1. The van der Waals surface area contributed by atoms with Gasteiger partial charge in [0.1, 0.15) is 0 Å². The van der Waals surface area contributed by atoms with Gasteiger partial charge in [-0.1, -0.05) is 54.4 Å². The van der Waals surface area contributed by atoms with Crippen molar-refractivity contribution in [2.45, 2.75) is 25.7 Å². The van der Waals surface area contributed by atoms with Crippen LogP contribution in [0.2, 0.25) is 10.0 Å². The minimum absolute atomic E-state index is 0.0307. The van der Waals surface area contributed by atoms with Crippen LogP contribution >= 0.6 is 23.2 Å². The summed E-state index contributed by atoms with van der Waals surface area (Å²) in [5.41, 5.74) is 3.11. The van der Waals surface area contributed by atoms with E-state index in [-0.39, 0.29) is 11.8 Å². The van der Waals surface area contributed by atoms with Gasteiger partial charge in [-0.25, -0.2) is 0 Å². The van der Waals surface area contributed by atoms with Crippen molar-refractivity contribution in [1.82, 2.24) is 10.3 Å². The van der Waals surface area contributed by atoms with E-state index >= 15 is 0 Å². The molecule has 1 amide bonds. The second kappa shape index (κ2) is 7.94. The van der Waals surface area contributed by atoms with E-state index in [1.807, 2.05) is 43.5 Å². The quantitative estimate of drug-likeness (QED) is 0.585. The number of amides is 1. The predicted octanol–water partition coefficient (Wildman–Crippen LogP) is 5.52. The van der Waals surface area contributed by atoms with Crippen molar-refractivity contribution in [3.05, 3.63) is 69.8 Å². The third-order valence-corrected chi connectivity index (χ3v) is 5.04. The lowest BCUT2D eigenvalue weighted by atomic mass is 9.88. The summed E-state index contributed by atoms with van der Waals surface area (Å²) in [6.07, 6.45) is 3.25. The Bertz CT molecular complexity index is 888.